The Morgan fingerprint density at radius 1 is 0.886 bits per heavy atom. The number of carbonyl (C=O) groups is 3. The predicted molar refractivity (Wildman–Crippen MR) is 132 cm³/mol. The van der Waals surface area contributed by atoms with Crippen molar-refractivity contribution in [2.45, 2.75) is 38.7 Å². The van der Waals surface area contributed by atoms with Gasteiger partial charge in [-0.1, -0.05) is 11.6 Å². The Morgan fingerprint density at radius 3 is 2.09 bits per heavy atom. The fraction of sp³-hybridized carbons (Fsp3) is 0.423. The zero-order valence-electron chi connectivity index (χ0n) is 20.0. The SMILES string of the molecule is CCOC(=O)C1CCC(Oc2ccc(C(=O)NCCNC(=O)c3ccc(Cl)cc3)cc2OC)CC1. The van der Waals surface area contributed by atoms with Gasteiger partial charge in [0.25, 0.3) is 11.8 Å². The monoisotopic (exact) mass is 502 g/mol. The molecular weight excluding hydrogens is 472 g/mol. The van der Waals surface area contributed by atoms with Gasteiger partial charge in [-0.05, 0) is 75.1 Å². The lowest BCUT2D eigenvalue weighted by Gasteiger charge is -2.28. The first-order valence-electron chi connectivity index (χ1n) is 11.7. The quantitative estimate of drug-likeness (QED) is 0.376. The van der Waals surface area contributed by atoms with E-state index in [4.69, 9.17) is 25.8 Å². The third kappa shape index (κ3) is 7.62. The zero-order valence-corrected chi connectivity index (χ0v) is 20.7. The van der Waals surface area contributed by atoms with Crippen LogP contribution in [0, 0.1) is 5.92 Å². The van der Waals surface area contributed by atoms with Crippen LogP contribution in [0.3, 0.4) is 0 Å². The molecule has 2 amide bonds. The van der Waals surface area contributed by atoms with Gasteiger partial charge in [-0.2, -0.15) is 0 Å². The van der Waals surface area contributed by atoms with E-state index in [1.165, 1.54) is 7.11 Å². The van der Waals surface area contributed by atoms with Gasteiger partial charge >= 0.3 is 5.97 Å². The summed E-state index contributed by atoms with van der Waals surface area (Å²) in [5.74, 6) is 0.281. The fourth-order valence-electron chi connectivity index (χ4n) is 3.92. The average molecular weight is 503 g/mol. The molecular formula is C26H31ClN2O6. The van der Waals surface area contributed by atoms with Crippen molar-refractivity contribution in [2.24, 2.45) is 5.92 Å². The van der Waals surface area contributed by atoms with Crippen molar-refractivity contribution >= 4 is 29.4 Å². The molecule has 0 aliphatic heterocycles. The van der Waals surface area contributed by atoms with Gasteiger partial charge < -0.3 is 24.8 Å². The summed E-state index contributed by atoms with van der Waals surface area (Å²) < 4.78 is 16.7. The first-order valence-corrected chi connectivity index (χ1v) is 12.1. The molecule has 0 bridgehead atoms. The van der Waals surface area contributed by atoms with Crippen LogP contribution in [0.15, 0.2) is 42.5 Å². The van der Waals surface area contributed by atoms with E-state index in [1.54, 1.807) is 42.5 Å². The van der Waals surface area contributed by atoms with Crippen molar-refractivity contribution in [2.75, 3.05) is 26.8 Å². The maximum absolute atomic E-state index is 12.5. The van der Waals surface area contributed by atoms with Crippen LogP contribution in [-0.2, 0) is 9.53 Å². The second-order valence-corrected chi connectivity index (χ2v) is 8.66. The van der Waals surface area contributed by atoms with Crippen LogP contribution in [0.5, 0.6) is 11.5 Å². The molecule has 1 fully saturated rings. The molecule has 0 spiro atoms. The van der Waals surface area contributed by atoms with Crippen LogP contribution >= 0.6 is 11.6 Å². The van der Waals surface area contributed by atoms with Crippen LogP contribution in [0.1, 0.15) is 53.3 Å². The Hall–Kier alpha value is -3.26. The largest absolute Gasteiger partial charge is 0.493 e. The van der Waals surface area contributed by atoms with Crippen LogP contribution < -0.4 is 20.1 Å². The molecule has 188 valence electrons. The first kappa shape index (κ1) is 26.3. The van der Waals surface area contributed by atoms with Gasteiger partial charge in [0.15, 0.2) is 11.5 Å². The van der Waals surface area contributed by atoms with Gasteiger partial charge in [-0.3, -0.25) is 14.4 Å². The molecule has 1 saturated carbocycles. The highest BCUT2D eigenvalue weighted by Crippen LogP contribution is 2.33. The number of rotatable bonds is 10. The minimum Gasteiger partial charge on any atom is -0.493 e. The topological polar surface area (TPSA) is 103 Å². The number of benzene rings is 2. The molecule has 2 aromatic carbocycles. The van der Waals surface area contributed by atoms with E-state index < -0.39 is 0 Å². The molecule has 2 aromatic rings. The number of methoxy groups -OCH3 is 1. The Labute approximate surface area is 210 Å². The van der Waals surface area contributed by atoms with E-state index >= 15 is 0 Å². The number of amides is 2. The zero-order chi connectivity index (χ0) is 25.2. The normalized spacial score (nSPS) is 17.2. The maximum atomic E-state index is 12.5. The number of ether oxygens (including phenoxy) is 3. The summed E-state index contributed by atoms with van der Waals surface area (Å²) in [5, 5.41) is 6.08. The average Bonchev–Trinajstić information content (AvgIpc) is 2.87. The molecule has 1 aliphatic rings. The molecule has 0 radical (unpaired) electrons. The van der Waals surface area contributed by atoms with E-state index in [0.717, 1.165) is 25.7 Å². The van der Waals surface area contributed by atoms with E-state index in [0.29, 0.717) is 34.3 Å². The van der Waals surface area contributed by atoms with E-state index in [9.17, 15) is 14.4 Å². The van der Waals surface area contributed by atoms with Gasteiger partial charge in [-0.15, -0.1) is 0 Å². The van der Waals surface area contributed by atoms with E-state index in [2.05, 4.69) is 10.6 Å². The smallest absolute Gasteiger partial charge is 0.308 e. The molecule has 8 nitrogen and oxygen atoms in total. The Kier molecular flexibility index (Phi) is 9.78. The van der Waals surface area contributed by atoms with Crippen LogP contribution in [0.4, 0.5) is 0 Å². The lowest BCUT2D eigenvalue weighted by atomic mass is 9.87. The summed E-state index contributed by atoms with van der Waals surface area (Å²) in [7, 11) is 1.52. The molecule has 9 heteroatoms. The molecule has 0 atom stereocenters. The van der Waals surface area contributed by atoms with Gasteiger partial charge in [0.1, 0.15) is 0 Å². The van der Waals surface area contributed by atoms with Gasteiger partial charge in [0.2, 0.25) is 0 Å². The standard InChI is InChI=1S/C26H31ClN2O6/c1-3-34-26(32)18-6-11-21(12-7-18)35-22-13-8-19(16-23(22)33-2)25(31)29-15-14-28-24(30)17-4-9-20(27)10-5-17/h4-5,8-10,13,16,18,21H,3,6-7,11-12,14-15H2,1-2H3,(H,28,30)(H,29,31). The van der Waals surface area contributed by atoms with Gasteiger partial charge in [0, 0.05) is 29.2 Å². The third-order valence-corrected chi connectivity index (χ3v) is 6.07. The number of hydrogen-bond donors (Lipinski definition) is 2. The summed E-state index contributed by atoms with van der Waals surface area (Å²) in [6.45, 7) is 2.75. The summed E-state index contributed by atoms with van der Waals surface area (Å²) >= 11 is 5.83. The molecule has 3 rings (SSSR count). The maximum Gasteiger partial charge on any atom is 0.308 e. The van der Waals surface area contributed by atoms with Gasteiger partial charge in [0.05, 0.1) is 25.7 Å². The van der Waals surface area contributed by atoms with Crippen molar-refractivity contribution in [3.05, 3.63) is 58.6 Å². The Bertz CT molecular complexity index is 1020. The van der Waals surface area contributed by atoms with Crippen molar-refractivity contribution < 1.29 is 28.6 Å². The molecule has 0 heterocycles. The number of hydrogen-bond acceptors (Lipinski definition) is 6. The summed E-state index contributed by atoms with van der Waals surface area (Å²) in [6.07, 6.45) is 2.91. The molecule has 35 heavy (non-hydrogen) atoms. The van der Waals surface area contributed by atoms with Crippen LogP contribution in [0.25, 0.3) is 0 Å². The molecule has 2 N–H and O–H groups in total. The third-order valence-electron chi connectivity index (χ3n) is 5.82. The van der Waals surface area contributed by atoms with Gasteiger partial charge in [-0.25, -0.2) is 0 Å². The molecule has 0 aromatic heterocycles. The number of nitrogens with one attached hydrogen (secondary N) is 2. The summed E-state index contributed by atoms with van der Waals surface area (Å²) in [5.41, 5.74) is 0.916. The Morgan fingerprint density at radius 2 is 1.49 bits per heavy atom. The van der Waals surface area contributed by atoms with Crippen LogP contribution in [0.2, 0.25) is 5.02 Å². The van der Waals surface area contributed by atoms with E-state index in [1.807, 2.05) is 6.92 Å². The number of esters is 1. The second kappa shape index (κ2) is 13.0. The van der Waals surface area contributed by atoms with Crippen molar-refractivity contribution in [3.63, 3.8) is 0 Å². The Balaban J connectivity index is 1.46. The summed E-state index contributed by atoms with van der Waals surface area (Å²) in [6, 6.07) is 11.6. The van der Waals surface area contributed by atoms with Crippen molar-refractivity contribution in [1.82, 2.24) is 10.6 Å². The molecule has 0 saturated heterocycles. The lowest BCUT2D eigenvalue weighted by Crippen LogP contribution is -2.34. The molecule has 1 aliphatic carbocycles. The first-order chi connectivity index (χ1) is 16.9. The highest BCUT2D eigenvalue weighted by Gasteiger charge is 2.28. The minimum absolute atomic E-state index is 0.0292. The number of carbonyl (C=O) groups excluding carboxylic acids is 3. The second-order valence-electron chi connectivity index (χ2n) is 8.23. The van der Waals surface area contributed by atoms with Crippen molar-refractivity contribution in [3.8, 4) is 11.5 Å². The highest BCUT2D eigenvalue weighted by atomic mass is 35.5. The predicted octanol–water partition coefficient (Wildman–Crippen LogP) is 4.01. The van der Waals surface area contributed by atoms with E-state index in [-0.39, 0.29) is 42.9 Å². The fourth-order valence-corrected chi connectivity index (χ4v) is 4.05. The minimum atomic E-state index is -0.287. The number of halogens is 1. The van der Waals surface area contributed by atoms with Crippen LogP contribution in [-0.4, -0.2) is 50.7 Å². The molecule has 0 unspecified atom stereocenters. The summed E-state index contributed by atoms with van der Waals surface area (Å²) in [4.78, 5) is 36.6. The lowest BCUT2D eigenvalue weighted by molar-refractivity contribution is -0.149. The highest BCUT2D eigenvalue weighted by molar-refractivity contribution is 6.30. The van der Waals surface area contributed by atoms with Crippen molar-refractivity contribution in [1.29, 1.82) is 0 Å².